The minimum atomic E-state index is -1.27. The number of aryl methyl sites for hydroxylation is 1. The molecule has 0 radical (unpaired) electrons. The first-order valence-corrected chi connectivity index (χ1v) is 11.5. The molecule has 1 saturated heterocycles. The highest BCUT2D eigenvalue weighted by Gasteiger charge is 2.54. The summed E-state index contributed by atoms with van der Waals surface area (Å²) in [5.41, 5.74) is 1.91. The van der Waals surface area contributed by atoms with Crippen LogP contribution in [-0.4, -0.2) is 23.6 Å². The normalized spacial score (nSPS) is 32.2. The van der Waals surface area contributed by atoms with Crippen LogP contribution in [0.2, 0.25) is 0 Å². The number of esters is 2. The zero-order valence-corrected chi connectivity index (χ0v) is 18.8. The Balaban J connectivity index is 1.31. The van der Waals surface area contributed by atoms with E-state index < -0.39 is 17.7 Å². The van der Waals surface area contributed by atoms with Gasteiger partial charge in [-0.15, -0.1) is 0 Å². The molecule has 170 valence electrons. The van der Waals surface area contributed by atoms with Gasteiger partial charge >= 0.3 is 11.9 Å². The van der Waals surface area contributed by atoms with Crippen molar-refractivity contribution in [3.8, 4) is 0 Å². The number of carbonyl (C=O) groups excluding carboxylic acids is 3. The minimum Gasteiger partial charge on any atom is -0.419 e. The molecule has 1 aromatic rings. The molecule has 2 N–H and O–H groups in total. The zero-order chi connectivity index (χ0) is 22.7. The van der Waals surface area contributed by atoms with Gasteiger partial charge in [0, 0.05) is 31.4 Å². The highest BCUT2D eigenvalue weighted by molar-refractivity contribution is 6.15. The molecular weight excluding hydrogens is 408 g/mol. The summed E-state index contributed by atoms with van der Waals surface area (Å²) in [6, 6.07) is 5.56. The van der Waals surface area contributed by atoms with E-state index in [0.29, 0.717) is 23.4 Å². The molecule has 1 heterocycles. The summed E-state index contributed by atoms with van der Waals surface area (Å²) < 4.78 is 10.2. The highest BCUT2D eigenvalue weighted by Crippen LogP contribution is 2.60. The largest absolute Gasteiger partial charge is 0.419 e. The fraction of sp³-hybridized carbons (Fsp3) is 0.560. The molecule has 5 aliphatic rings. The fourth-order valence-corrected chi connectivity index (χ4v) is 6.42. The molecule has 5 fully saturated rings. The van der Waals surface area contributed by atoms with E-state index in [1.165, 1.54) is 39.3 Å². The van der Waals surface area contributed by atoms with Crippen molar-refractivity contribution >= 4 is 29.2 Å². The first-order valence-electron chi connectivity index (χ1n) is 11.5. The van der Waals surface area contributed by atoms with E-state index in [-0.39, 0.29) is 16.9 Å². The summed E-state index contributed by atoms with van der Waals surface area (Å²) >= 11 is 0. The van der Waals surface area contributed by atoms with E-state index in [0.717, 1.165) is 30.5 Å². The van der Waals surface area contributed by atoms with Crippen LogP contribution in [0.5, 0.6) is 0 Å². The summed E-state index contributed by atoms with van der Waals surface area (Å²) in [5.74, 6) is -0.503. The van der Waals surface area contributed by atoms with Gasteiger partial charge in [-0.25, -0.2) is 9.59 Å². The molecule has 0 unspecified atom stereocenters. The fourth-order valence-electron chi connectivity index (χ4n) is 6.42. The molecule has 0 spiro atoms. The van der Waals surface area contributed by atoms with Crippen molar-refractivity contribution in [2.24, 2.45) is 23.2 Å². The average Bonchev–Trinajstić information content (AvgIpc) is 2.67. The third-order valence-corrected chi connectivity index (χ3v) is 7.51. The summed E-state index contributed by atoms with van der Waals surface area (Å²) in [6.07, 6.45) is 8.19. The van der Waals surface area contributed by atoms with Gasteiger partial charge in [0.05, 0.1) is 5.41 Å². The third-order valence-electron chi connectivity index (χ3n) is 7.51. The maximum absolute atomic E-state index is 13.4. The second kappa shape index (κ2) is 7.36. The highest BCUT2D eigenvalue weighted by atomic mass is 16.7. The number of anilines is 2. The van der Waals surface area contributed by atoms with Crippen LogP contribution in [0.3, 0.4) is 0 Å². The minimum absolute atomic E-state index is 0.136. The molecule has 7 nitrogen and oxygen atoms in total. The van der Waals surface area contributed by atoms with Crippen LogP contribution >= 0.6 is 0 Å². The van der Waals surface area contributed by atoms with Crippen LogP contribution in [0.15, 0.2) is 30.0 Å². The number of carbonyl (C=O) groups is 3. The van der Waals surface area contributed by atoms with Crippen LogP contribution in [0, 0.1) is 30.1 Å². The SMILES string of the molecule is Cc1ccc(NC=C2C(=O)OC(C)(C)OC2=O)cc1NC(=O)C12CC3CC(CC(C3)C1)C2. The second-order valence-electron chi connectivity index (χ2n) is 10.6. The van der Waals surface area contributed by atoms with Crippen molar-refractivity contribution in [1.29, 1.82) is 0 Å². The van der Waals surface area contributed by atoms with Crippen LogP contribution in [0.1, 0.15) is 57.9 Å². The number of rotatable bonds is 4. The Morgan fingerprint density at radius 2 is 1.56 bits per heavy atom. The van der Waals surface area contributed by atoms with Gasteiger partial charge in [0.2, 0.25) is 5.91 Å². The van der Waals surface area contributed by atoms with E-state index in [4.69, 9.17) is 9.47 Å². The van der Waals surface area contributed by atoms with Crippen LogP contribution in [0.25, 0.3) is 0 Å². The molecule has 1 amide bonds. The number of amides is 1. The maximum Gasteiger partial charge on any atom is 0.350 e. The Hall–Kier alpha value is -2.83. The molecule has 4 saturated carbocycles. The van der Waals surface area contributed by atoms with Crippen molar-refractivity contribution in [2.75, 3.05) is 10.6 Å². The topological polar surface area (TPSA) is 93.7 Å². The smallest absolute Gasteiger partial charge is 0.350 e. The van der Waals surface area contributed by atoms with Crippen molar-refractivity contribution in [1.82, 2.24) is 0 Å². The lowest BCUT2D eigenvalue weighted by molar-refractivity contribution is -0.222. The quantitative estimate of drug-likeness (QED) is 0.414. The number of hydrogen-bond donors (Lipinski definition) is 2. The van der Waals surface area contributed by atoms with Crippen molar-refractivity contribution in [3.63, 3.8) is 0 Å². The summed E-state index contributed by atoms with van der Waals surface area (Å²) in [6.45, 7) is 4.97. The summed E-state index contributed by atoms with van der Waals surface area (Å²) in [7, 11) is 0. The Bertz CT molecular complexity index is 968. The number of cyclic esters (lactones) is 2. The molecule has 4 aliphatic carbocycles. The predicted octanol–water partition coefficient (Wildman–Crippen LogP) is 4.28. The van der Waals surface area contributed by atoms with E-state index in [2.05, 4.69) is 10.6 Å². The van der Waals surface area contributed by atoms with Gasteiger partial charge in [0.15, 0.2) is 5.57 Å². The second-order valence-corrected chi connectivity index (χ2v) is 10.6. The molecule has 1 aliphatic heterocycles. The number of hydrogen-bond acceptors (Lipinski definition) is 6. The third kappa shape index (κ3) is 3.78. The van der Waals surface area contributed by atoms with Crippen molar-refractivity contribution in [3.05, 3.63) is 35.5 Å². The Morgan fingerprint density at radius 3 is 2.12 bits per heavy atom. The lowest BCUT2D eigenvalue weighted by Gasteiger charge is -2.55. The van der Waals surface area contributed by atoms with Gasteiger partial charge in [0.25, 0.3) is 5.79 Å². The van der Waals surface area contributed by atoms with Gasteiger partial charge in [-0.1, -0.05) is 6.07 Å². The lowest BCUT2D eigenvalue weighted by Crippen LogP contribution is -2.51. The molecule has 4 bridgehead atoms. The van der Waals surface area contributed by atoms with E-state index >= 15 is 0 Å². The number of ether oxygens (including phenoxy) is 2. The van der Waals surface area contributed by atoms with Gasteiger partial charge < -0.3 is 20.1 Å². The van der Waals surface area contributed by atoms with Gasteiger partial charge in [-0.3, -0.25) is 4.79 Å². The first-order chi connectivity index (χ1) is 15.1. The van der Waals surface area contributed by atoms with Gasteiger partial charge in [-0.05, 0) is 80.9 Å². The molecule has 0 aromatic heterocycles. The standard InChI is InChI=1S/C25H30N2O5/c1-14-4-5-18(26-13-19-21(28)31-24(2,3)32-22(19)29)9-20(14)27-23(30)25-10-15-6-16(11-25)8-17(7-15)12-25/h4-5,9,13,15-17,26H,6-8,10-12H2,1-3H3,(H,27,30). The van der Waals surface area contributed by atoms with Crippen LogP contribution in [0.4, 0.5) is 11.4 Å². The summed E-state index contributed by atoms with van der Waals surface area (Å²) in [5, 5.41) is 6.15. The maximum atomic E-state index is 13.4. The van der Waals surface area contributed by atoms with Gasteiger partial charge in [-0.2, -0.15) is 0 Å². The van der Waals surface area contributed by atoms with E-state index in [1.54, 1.807) is 0 Å². The predicted molar refractivity (Wildman–Crippen MR) is 118 cm³/mol. The van der Waals surface area contributed by atoms with Crippen LogP contribution in [-0.2, 0) is 23.9 Å². The summed E-state index contributed by atoms with van der Waals surface area (Å²) in [4.78, 5) is 37.7. The lowest BCUT2D eigenvalue weighted by atomic mass is 9.49. The van der Waals surface area contributed by atoms with Crippen LogP contribution < -0.4 is 10.6 Å². The monoisotopic (exact) mass is 438 g/mol. The average molecular weight is 439 g/mol. The molecule has 0 atom stereocenters. The van der Waals surface area contributed by atoms with E-state index in [1.807, 2.05) is 25.1 Å². The molecule has 1 aromatic carbocycles. The Labute approximate surface area is 187 Å². The van der Waals surface area contributed by atoms with E-state index in [9.17, 15) is 14.4 Å². The molecule has 6 rings (SSSR count). The first kappa shape index (κ1) is 21.0. The number of benzene rings is 1. The molecule has 7 heteroatoms. The van der Waals surface area contributed by atoms with Crippen molar-refractivity contribution < 1.29 is 23.9 Å². The Kier molecular flexibility index (Phi) is 4.84. The number of nitrogens with one attached hydrogen (secondary N) is 2. The zero-order valence-electron chi connectivity index (χ0n) is 18.8. The molecular formula is C25H30N2O5. The van der Waals surface area contributed by atoms with Gasteiger partial charge in [0.1, 0.15) is 0 Å². The molecule has 32 heavy (non-hydrogen) atoms. The Morgan fingerprint density at radius 1 is 1.00 bits per heavy atom. The van der Waals surface area contributed by atoms with Crippen molar-refractivity contribution in [2.45, 2.75) is 65.1 Å².